The van der Waals surface area contributed by atoms with Crippen LogP contribution in [0.3, 0.4) is 0 Å². The number of nitrogens with zero attached hydrogens (tertiary/aromatic N) is 2. The predicted molar refractivity (Wildman–Crippen MR) is 119 cm³/mol. The van der Waals surface area contributed by atoms with Crippen molar-refractivity contribution in [2.75, 3.05) is 6.54 Å². The molecule has 0 aliphatic heterocycles. The standard InChI is InChI=1S/C24H31N3O6/c1-14-19(13-31-24(30)25-11-10-16-6-7-16)22(33-27-14)20-8-9-21(15(2)26-20)32-18-5-3-4-17(12-18)23(28)29/h8-9,16-18H,3-7,10-13H2,1-2H3,(H,25,30)(H,28,29)/t17-,18-/m0/s1. The minimum atomic E-state index is -0.763. The molecule has 0 unspecified atom stereocenters. The lowest BCUT2D eigenvalue weighted by Crippen LogP contribution is -2.29. The van der Waals surface area contributed by atoms with Gasteiger partial charge in [0.25, 0.3) is 0 Å². The van der Waals surface area contributed by atoms with E-state index >= 15 is 0 Å². The van der Waals surface area contributed by atoms with E-state index in [4.69, 9.17) is 14.0 Å². The molecule has 0 saturated heterocycles. The van der Waals surface area contributed by atoms with Crippen LogP contribution in [0, 0.1) is 25.7 Å². The lowest BCUT2D eigenvalue weighted by Gasteiger charge is -2.27. The summed E-state index contributed by atoms with van der Waals surface area (Å²) in [7, 11) is 0. The molecular formula is C24H31N3O6. The fourth-order valence-corrected chi connectivity index (χ4v) is 4.19. The largest absolute Gasteiger partial charge is 0.489 e. The summed E-state index contributed by atoms with van der Waals surface area (Å²) in [5, 5.41) is 16.1. The lowest BCUT2D eigenvalue weighted by atomic mass is 9.87. The molecule has 9 nitrogen and oxygen atoms in total. The lowest BCUT2D eigenvalue weighted by molar-refractivity contribution is -0.143. The molecule has 178 valence electrons. The maximum absolute atomic E-state index is 12.0. The number of pyridine rings is 1. The molecule has 2 atom stereocenters. The average molecular weight is 458 g/mol. The number of rotatable bonds is 9. The average Bonchev–Trinajstić information content (AvgIpc) is 3.54. The molecular weight excluding hydrogens is 426 g/mol. The van der Waals surface area contributed by atoms with E-state index in [0.29, 0.717) is 53.5 Å². The second-order valence-electron chi connectivity index (χ2n) is 9.03. The summed E-state index contributed by atoms with van der Waals surface area (Å²) in [6.07, 6.45) is 5.75. The van der Waals surface area contributed by atoms with Gasteiger partial charge in [0.2, 0.25) is 0 Å². The Balaban J connectivity index is 1.38. The topological polar surface area (TPSA) is 124 Å². The van der Waals surface area contributed by atoms with E-state index in [-0.39, 0.29) is 18.6 Å². The second kappa shape index (κ2) is 10.2. The highest BCUT2D eigenvalue weighted by atomic mass is 16.5. The molecule has 9 heteroatoms. The van der Waals surface area contributed by atoms with Crippen LogP contribution in [0.4, 0.5) is 4.79 Å². The number of carbonyl (C=O) groups excluding carboxylic acids is 1. The molecule has 0 radical (unpaired) electrons. The van der Waals surface area contributed by atoms with Crippen molar-refractivity contribution in [2.45, 2.75) is 71.5 Å². The van der Waals surface area contributed by atoms with Crippen molar-refractivity contribution < 1.29 is 28.7 Å². The van der Waals surface area contributed by atoms with Gasteiger partial charge in [0, 0.05) is 6.54 Å². The van der Waals surface area contributed by atoms with Crippen molar-refractivity contribution >= 4 is 12.1 Å². The highest BCUT2D eigenvalue weighted by Crippen LogP contribution is 2.32. The normalized spacial score (nSPS) is 20.3. The van der Waals surface area contributed by atoms with Crippen LogP contribution in [0.2, 0.25) is 0 Å². The van der Waals surface area contributed by atoms with E-state index in [1.54, 1.807) is 13.0 Å². The van der Waals surface area contributed by atoms with Gasteiger partial charge in [-0.3, -0.25) is 4.79 Å². The van der Waals surface area contributed by atoms with Crippen LogP contribution < -0.4 is 10.1 Å². The molecule has 0 spiro atoms. The number of aliphatic carboxylic acids is 1. The monoisotopic (exact) mass is 457 g/mol. The molecule has 2 aromatic heterocycles. The van der Waals surface area contributed by atoms with E-state index < -0.39 is 12.1 Å². The van der Waals surface area contributed by atoms with Crippen molar-refractivity contribution in [3.05, 3.63) is 29.1 Å². The first-order valence-electron chi connectivity index (χ1n) is 11.6. The van der Waals surface area contributed by atoms with E-state index in [9.17, 15) is 14.7 Å². The Bertz CT molecular complexity index is 1000. The minimum Gasteiger partial charge on any atom is -0.489 e. The zero-order valence-electron chi connectivity index (χ0n) is 19.1. The summed E-state index contributed by atoms with van der Waals surface area (Å²) >= 11 is 0. The zero-order valence-corrected chi connectivity index (χ0v) is 19.1. The van der Waals surface area contributed by atoms with Crippen LogP contribution in [0.15, 0.2) is 16.7 Å². The number of carbonyl (C=O) groups is 2. The molecule has 2 saturated carbocycles. The van der Waals surface area contributed by atoms with Gasteiger partial charge >= 0.3 is 12.1 Å². The Labute approximate surface area is 192 Å². The van der Waals surface area contributed by atoms with Gasteiger partial charge in [-0.15, -0.1) is 0 Å². The minimum absolute atomic E-state index is 0.0392. The fraction of sp³-hybridized carbons (Fsp3) is 0.583. The Morgan fingerprint density at radius 2 is 2.00 bits per heavy atom. The number of aromatic nitrogens is 2. The summed E-state index contributed by atoms with van der Waals surface area (Å²) in [6.45, 7) is 4.29. The van der Waals surface area contributed by atoms with Crippen LogP contribution in [-0.4, -0.2) is 40.0 Å². The van der Waals surface area contributed by atoms with Gasteiger partial charge in [-0.1, -0.05) is 18.0 Å². The van der Waals surface area contributed by atoms with Crippen molar-refractivity contribution in [3.8, 4) is 17.2 Å². The first kappa shape index (κ1) is 23.1. The molecule has 2 aliphatic carbocycles. The summed E-state index contributed by atoms with van der Waals surface area (Å²) in [6, 6.07) is 3.59. The molecule has 2 heterocycles. The van der Waals surface area contributed by atoms with Crippen molar-refractivity contribution in [3.63, 3.8) is 0 Å². The van der Waals surface area contributed by atoms with Crippen molar-refractivity contribution in [1.29, 1.82) is 0 Å². The fourth-order valence-electron chi connectivity index (χ4n) is 4.19. The maximum atomic E-state index is 12.0. The molecule has 2 N–H and O–H groups in total. The highest BCUT2D eigenvalue weighted by molar-refractivity contribution is 5.70. The van der Waals surface area contributed by atoms with Gasteiger partial charge < -0.3 is 24.4 Å². The third-order valence-corrected chi connectivity index (χ3v) is 6.39. The van der Waals surface area contributed by atoms with E-state index in [1.165, 1.54) is 12.8 Å². The van der Waals surface area contributed by atoms with Gasteiger partial charge in [-0.2, -0.15) is 0 Å². The van der Waals surface area contributed by atoms with Gasteiger partial charge in [-0.05, 0) is 64.0 Å². The van der Waals surface area contributed by atoms with Gasteiger partial charge in [0.1, 0.15) is 18.1 Å². The van der Waals surface area contributed by atoms with Crippen molar-refractivity contribution in [2.24, 2.45) is 11.8 Å². The van der Waals surface area contributed by atoms with Crippen LogP contribution in [0.1, 0.15) is 61.9 Å². The molecule has 0 aromatic carbocycles. The maximum Gasteiger partial charge on any atom is 0.407 e. The second-order valence-corrected chi connectivity index (χ2v) is 9.03. The third kappa shape index (κ3) is 6.03. The summed E-state index contributed by atoms with van der Waals surface area (Å²) in [5.74, 6) is 0.702. The van der Waals surface area contributed by atoms with E-state index in [0.717, 1.165) is 25.2 Å². The van der Waals surface area contributed by atoms with Crippen LogP contribution in [-0.2, 0) is 16.1 Å². The smallest absolute Gasteiger partial charge is 0.407 e. The quantitative estimate of drug-likeness (QED) is 0.568. The summed E-state index contributed by atoms with van der Waals surface area (Å²) in [4.78, 5) is 27.9. The first-order valence-corrected chi connectivity index (χ1v) is 11.6. The first-order chi connectivity index (χ1) is 15.9. The number of hydrogen-bond acceptors (Lipinski definition) is 7. The number of amides is 1. The molecule has 2 fully saturated rings. The number of nitrogens with one attached hydrogen (secondary N) is 1. The van der Waals surface area contributed by atoms with Crippen LogP contribution in [0.5, 0.6) is 5.75 Å². The molecule has 2 aliphatic rings. The third-order valence-electron chi connectivity index (χ3n) is 6.39. The van der Waals surface area contributed by atoms with Gasteiger partial charge in [-0.25, -0.2) is 9.78 Å². The number of carboxylic acids is 1. The van der Waals surface area contributed by atoms with Crippen LogP contribution in [0.25, 0.3) is 11.5 Å². The number of aryl methyl sites for hydroxylation is 2. The Hall–Kier alpha value is -3.10. The van der Waals surface area contributed by atoms with Crippen molar-refractivity contribution in [1.82, 2.24) is 15.5 Å². The number of alkyl carbamates (subject to hydrolysis) is 1. The molecule has 1 amide bonds. The van der Waals surface area contributed by atoms with Gasteiger partial charge in [0.05, 0.1) is 29.0 Å². The Morgan fingerprint density at radius 3 is 2.73 bits per heavy atom. The van der Waals surface area contributed by atoms with Gasteiger partial charge in [0.15, 0.2) is 5.76 Å². The van der Waals surface area contributed by atoms with E-state index in [1.807, 2.05) is 13.0 Å². The van der Waals surface area contributed by atoms with Crippen LogP contribution >= 0.6 is 0 Å². The highest BCUT2D eigenvalue weighted by Gasteiger charge is 2.29. The summed E-state index contributed by atoms with van der Waals surface area (Å²) < 4.78 is 16.9. The number of carboxylic acid groups (broad SMARTS) is 1. The van der Waals surface area contributed by atoms with E-state index in [2.05, 4.69) is 15.5 Å². The zero-order chi connectivity index (χ0) is 23.4. The molecule has 33 heavy (non-hydrogen) atoms. The predicted octanol–water partition coefficient (Wildman–Crippen LogP) is 4.40. The Kier molecular flexibility index (Phi) is 7.15. The molecule has 0 bridgehead atoms. The number of ether oxygens (including phenoxy) is 2. The SMILES string of the molecule is Cc1nc(-c2onc(C)c2COC(=O)NCCC2CC2)ccc1O[C@H]1CCC[C@H](C(=O)O)C1. The summed E-state index contributed by atoms with van der Waals surface area (Å²) in [5.41, 5.74) is 2.55. The molecule has 2 aromatic rings. The molecule has 4 rings (SSSR count). The Morgan fingerprint density at radius 1 is 1.18 bits per heavy atom. The number of hydrogen-bond donors (Lipinski definition) is 2.